The van der Waals surface area contributed by atoms with E-state index in [1.807, 2.05) is 0 Å². The van der Waals surface area contributed by atoms with Crippen molar-refractivity contribution >= 4 is 0 Å². The topological polar surface area (TPSA) is 3.24 Å². The van der Waals surface area contributed by atoms with Crippen molar-refractivity contribution < 1.29 is 0 Å². The molecule has 4 atom stereocenters. The molecule has 1 heteroatoms. The van der Waals surface area contributed by atoms with Gasteiger partial charge in [-0.3, -0.25) is 4.90 Å². The minimum Gasteiger partial charge on any atom is -0.297 e. The lowest BCUT2D eigenvalue weighted by molar-refractivity contribution is 0.0364. The van der Waals surface area contributed by atoms with Crippen molar-refractivity contribution in [2.24, 2.45) is 11.8 Å². The first kappa shape index (κ1) is 13.1. The van der Waals surface area contributed by atoms with Crippen LogP contribution in [0.15, 0.2) is 12.2 Å². The molecule has 1 nitrogen and oxygen atoms in total. The van der Waals surface area contributed by atoms with Gasteiger partial charge in [-0.05, 0) is 56.9 Å². The molecule has 17 heavy (non-hydrogen) atoms. The van der Waals surface area contributed by atoms with Gasteiger partial charge in [-0.15, -0.1) is 0 Å². The Kier molecular flexibility index (Phi) is 4.67. The predicted molar refractivity (Wildman–Crippen MR) is 75.1 cm³/mol. The van der Waals surface area contributed by atoms with Crippen molar-refractivity contribution in [3.8, 4) is 0 Å². The summed E-state index contributed by atoms with van der Waals surface area (Å²) >= 11 is 0. The Morgan fingerprint density at radius 3 is 2.76 bits per heavy atom. The summed E-state index contributed by atoms with van der Waals surface area (Å²) in [6.07, 6.45) is 12.9. The van der Waals surface area contributed by atoms with Crippen LogP contribution >= 0.6 is 0 Å². The second-order valence-electron chi connectivity index (χ2n) is 6.16. The van der Waals surface area contributed by atoms with Crippen LogP contribution in [-0.2, 0) is 0 Å². The molecular weight excluding hydrogens is 206 g/mol. The molecular formula is C16H29N. The summed E-state index contributed by atoms with van der Waals surface area (Å²) in [6, 6.07) is 1.77. The van der Waals surface area contributed by atoms with Gasteiger partial charge in [0.15, 0.2) is 0 Å². The van der Waals surface area contributed by atoms with Crippen molar-refractivity contribution in [1.82, 2.24) is 4.90 Å². The Labute approximate surface area is 107 Å². The molecule has 4 unspecified atom stereocenters. The lowest BCUT2D eigenvalue weighted by Gasteiger charge is -2.45. The summed E-state index contributed by atoms with van der Waals surface area (Å²) in [7, 11) is 0. The van der Waals surface area contributed by atoms with Gasteiger partial charge in [0.2, 0.25) is 0 Å². The molecule has 0 spiro atoms. The molecule has 0 radical (unpaired) electrons. The van der Waals surface area contributed by atoms with Crippen molar-refractivity contribution in [2.45, 2.75) is 71.4 Å². The molecule has 98 valence electrons. The fraction of sp³-hybridized carbons (Fsp3) is 0.875. The molecule has 0 amide bonds. The molecule has 2 aliphatic heterocycles. The van der Waals surface area contributed by atoms with E-state index in [0.717, 1.165) is 23.9 Å². The van der Waals surface area contributed by atoms with Crippen molar-refractivity contribution in [3.63, 3.8) is 0 Å². The van der Waals surface area contributed by atoms with Crippen LogP contribution in [0.4, 0.5) is 0 Å². The van der Waals surface area contributed by atoms with Crippen LogP contribution < -0.4 is 0 Å². The fourth-order valence-electron chi connectivity index (χ4n) is 4.07. The average Bonchev–Trinajstić information content (AvgIpc) is 2.77. The van der Waals surface area contributed by atoms with E-state index in [2.05, 4.69) is 37.8 Å². The Hall–Kier alpha value is -0.300. The van der Waals surface area contributed by atoms with E-state index >= 15 is 0 Å². The quantitative estimate of drug-likeness (QED) is 0.659. The monoisotopic (exact) mass is 235 g/mol. The summed E-state index contributed by atoms with van der Waals surface area (Å²) in [5, 5.41) is 0. The molecule has 0 aliphatic carbocycles. The highest BCUT2D eigenvalue weighted by molar-refractivity contribution is 4.96. The maximum atomic E-state index is 2.85. The molecule has 0 N–H and O–H groups in total. The van der Waals surface area contributed by atoms with E-state index < -0.39 is 0 Å². The van der Waals surface area contributed by atoms with Crippen LogP contribution in [0, 0.1) is 11.8 Å². The van der Waals surface area contributed by atoms with Crippen molar-refractivity contribution in [3.05, 3.63) is 12.2 Å². The minimum atomic E-state index is 0.861. The molecule has 0 aromatic rings. The van der Waals surface area contributed by atoms with Crippen LogP contribution in [0.1, 0.15) is 59.3 Å². The van der Waals surface area contributed by atoms with Gasteiger partial charge in [0, 0.05) is 12.1 Å². The van der Waals surface area contributed by atoms with Gasteiger partial charge < -0.3 is 0 Å². The Morgan fingerprint density at radius 2 is 2.00 bits per heavy atom. The molecule has 2 saturated heterocycles. The summed E-state index contributed by atoms with van der Waals surface area (Å²) < 4.78 is 0. The minimum absolute atomic E-state index is 0.861. The Morgan fingerprint density at radius 1 is 1.18 bits per heavy atom. The molecule has 0 saturated carbocycles. The maximum absolute atomic E-state index is 2.85. The van der Waals surface area contributed by atoms with Crippen LogP contribution in [0.25, 0.3) is 0 Å². The van der Waals surface area contributed by atoms with Crippen LogP contribution in [0.5, 0.6) is 0 Å². The maximum Gasteiger partial charge on any atom is 0.0127 e. The summed E-state index contributed by atoms with van der Waals surface area (Å²) in [4.78, 5) is 2.85. The molecule has 0 aromatic carbocycles. The second-order valence-corrected chi connectivity index (χ2v) is 6.16. The summed E-state index contributed by atoms with van der Waals surface area (Å²) in [5.41, 5.74) is 0. The summed E-state index contributed by atoms with van der Waals surface area (Å²) in [5.74, 6) is 1.82. The van der Waals surface area contributed by atoms with E-state index in [0.29, 0.717) is 0 Å². The molecule has 2 rings (SSSR count). The van der Waals surface area contributed by atoms with Gasteiger partial charge in [0.05, 0.1) is 0 Å². The zero-order valence-corrected chi connectivity index (χ0v) is 11.9. The SMILES string of the molecule is CC/C=C\CCC1C(C)CC(C)C2CCCN12. The Balaban J connectivity index is 1.92. The number of rotatable bonds is 4. The van der Waals surface area contributed by atoms with E-state index in [-0.39, 0.29) is 0 Å². The summed E-state index contributed by atoms with van der Waals surface area (Å²) in [6.45, 7) is 8.52. The lowest BCUT2D eigenvalue weighted by Crippen LogP contribution is -2.50. The molecule has 2 aliphatic rings. The third-order valence-electron chi connectivity index (χ3n) is 4.86. The zero-order chi connectivity index (χ0) is 12.3. The molecule has 0 bridgehead atoms. The zero-order valence-electron chi connectivity index (χ0n) is 11.9. The number of fused-ring (bicyclic) bond motifs is 1. The largest absolute Gasteiger partial charge is 0.297 e. The lowest BCUT2D eigenvalue weighted by atomic mass is 9.79. The van der Waals surface area contributed by atoms with E-state index in [9.17, 15) is 0 Å². The third-order valence-corrected chi connectivity index (χ3v) is 4.86. The average molecular weight is 235 g/mol. The number of allylic oxidation sites excluding steroid dienone is 2. The highest BCUT2D eigenvalue weighted by atomic mass is 15.2. The highest BCUT2D eigenvalue weighted by Crippen LogP contribution is 2.39. The highest BCUT2D eigenvalue weighted by Gasteiger charge is 2.40. The first-order chi connectivity index (χ1) is 8.24. The molecule has 0 aromatic heterocycles. The fourth-order valence-corrected chi connectivity index (χ4v) is 4.07. The van der Waals surface area contributed by atoms with Crippen LogP contribution in [0.2, 0.25) is 0 Å². The van der Waals surface area contributed by atoms with Gasteiger partial charge in [-0.2, -0.15) is 0 Å². The standard InChI is InChI=1S/C16H29N/c1-4-5-6-7-9-15-13(2)12-14(3)16-10-8-11-17(15)16/h5-6,13-16H,4,7-12H2,1-3H3/b6-5-. The number of piperidine rings is 1. The van der Waals surface area contributed by atoms with E-state index in [1.165, 1.54) is 45.1 Å². The van der Waals surface area contributed by atoms with Gasteiger partial charge in [0.25, 0.3) is 0 Å². The van der Waals surface area contributed by atoms with Crippen LogP contribution in [-0.4, -0.2) is 23.5 Å². The third kappa shape index (κ3) is 2.93. The van der Waals surface area contributed by atoms with Crippen molar-refractivity contribution in [1.29, 1.82) is 0 Å². The predicted octanol–water partition coefficient (Wildman–Crippen LogP) is 4.24. The molecule has 2 fully saturated rings. The van der Waals surface area contributed by atoms with E-state index in [1.54, 1.807) is 0 Å². The van der Waals surface area contributed by atoms with Crippen LogP contribution in [0.3, 0.4) is 0 Å². The second kappa shape index (κ2) is 6.04. The molecule has 2 heterocycles. The number of nitrogens with zero attached hydrogens (tertiary/aromatic N) is 1. The van der Waals surface area contributed by atoms with Crippen molar-refractivity contribution in [2.75, 3.05) is 6.54 Å². The Bertz CT molecular complexity index is 258. The first-order valence-electron chi connectivity index (χ1n) is 7.64. The smallest absolute Gasteiger partial charge is 0.0127 e. The number of hydrogen-bond donors (Lipinski definition) is 0. The number of hydrogen-bond acceptors (Lipinski definition) is 1. The van der Waals surface area contributed by atoms with Gasteiger partial charge in [-0.25, -0.2) is 0 Å². The first-order valence-corrected chi connectivity index (χ1v) is 7.64. The van der Waals surface area contributed by atoms with Gasteiger partial charge in [-0.1, -0.05) is 32.9 Å². The normalized spacial score (nSPS) is 38.8. The van der Waals surface area contributed by atoms with Gasteiger partial charge in [0.1, 0.15) is 0 Å². The van der Waals surface area contributed by atoms with E-state index in [4.69, 9.17) is 0 Å². The van der Waals surface area contributed by atoms with Gasteiger partial charge >= 0.3 is 0 Å².